The van der Waals surface area contributed by atoms with Crippen molar-refractivity contribution in [2.45, 2.75) is 19.1 Å². The molecule has 92 valence electrons. The van der Waals surface area contributed by atoms with Gasteiger partial charge in [-0.2, -0.15) is 4.39 Å². The zero-order valence-corrected chi connectivity index (χ0v) is 9.17. The number of likely N-dealkylation sites (tertiary alicyclic amines) is 1. The molecule has 1 fully saturated rings. The van der Waals surface area contributed by atoms with Crippen LogP contribution < -0.4 is 0 Å². The lowest BCUT2D eigenvalue weighted by Gasteiger charge is -2.15. The summed E-state index contributed by atoms with van der Waals surface area (Å²) in [4.78, 5) is 11.7. The highest BCUT2D eigenvalue weighted by atomic mass is 19.1. The van der Waals surface area contributed by atoms with Crippen molar-refractivity contribution in [1.29, 1.82) is 0 Å². The van der Waals surface area contributed by atoms with E-state index in [0.717, 1.165) is 6.07 Å². The van der Waals surface area contributed by atoms with Gasteiger partial charge < -0.3 is 5.11 Å². The van der Waals surface area contributed by atoms with E-state index in [0.29, 0.717) is 31.6 Å². The predicted octanol–water partition coefficient (Wildman–Crippen LogP) is 1.30. The quantitative estimate of drug-likeness (QED) is 0.638. The van der Waals surface area contributed by atoms with Gasteiger partial charge in [-0.25, -0.2) is 0 Å². The van der Waals surface area contributed by atoms with Gasteiger partial charge in [-0.05, 0) is 6.42 Å². The molecule has 6 heteroatoms. The summed E-state index contributed by atoms with van der Waals surface area (Å²) in [6.45, 7) is 1.47. The smallest absolute Gasteiger partial charge is 0.305 e. The molecule has 1 saturated heterocycles. The van der Waals surface area contributed by atoms with Crippen molar-refractivity contribution < 1.29 is 14.4 Å². The topological polar surface area (TPSA) is 66.6 Å². The maximum absolute atomic E-state index is 13.7. The van der Waals surface area contributed by atoms with Gasteiger partial charge in [0.05, 0.1) is 11.0 Å². The minimum absolute atomic E-state index is 0.296. The first kappa shape index (κ1) is 11.9. The summed E-state index contributed by atoms with van der Waals surface area (Å²) in [5.41, 5.74) is -0.199. The second kappa shape index (κ2) is 4.77. The molecule has 0 spiro atoms. The third-order valence-corrected chi connectivity index (χ3v) is 2.90. The molecule has 1 aromatic rings. The van der Waals surface area contributed by atoms with Crippen LogP contribution in [0.5, 0.6) is 0 Å². The number of nitro benzene ring substituents is 1. The maximum atomic E-state index is 13.7. The number of benzene rings is 1. The van der Waals surface area contributed by atoms with Gasteiger partial charge >= 0.3 is 5.69 Å². The van der Waals surface area contributed by atoms with Gasteiger partial charge in [0.1, 0.15) is 0 Å². The predicted molar refractivity (Wildman–Crippen MR) is 59.0 cm³/mol. The number of nitro groups is 1. The van der Waals surface area contributed by atoms with E-state index in [1.807, 2.05) is 4.90 Å². The van der Waals surface area contributed by atoms with Crippen molar-refractivity contribution in [1.82, 2.24) is 4.90 Å². The molecule has 1 aromatic carbocycles. The van der Waals surface area contributed by atoms with Crippen LogP contribution >= 0.6 is 0 Å². The molecule has 0 amide bonds. The molecule has 1 heterocycles. The van der Waals surface area contributed by atoms with E-state index in [-0.39, 0.29) is 6.10 Å². The summed E-state index contributed by atoms with van der Waals surface area (Å²) in [7, 11) is 0. The third kappa shape index (κ3) is 2.59. The highest BCUT2D eigenvalue weighted by molar-refractivity contribution is 5.36. The number of nitrogens with zero attached hydrogens (tertiary/aromatic N) is 2. The number of hydrogen-bond acceptors (Lipinski definition) is 4. The largest absolute Gasteiger partial charge is 0.392 e. The van der Waals surface area contributed by atoms with Crippen molar-refractivity contribution in [3.63, 3.8) is 0 Å². The first-order valence-electron chi connectivity index (χ1n) is 5.40. The fourth-order valence-corrected chi connectivity index (χ4v) is 2.03. The molecule has 0 radical (unpaired) electrons. The van der Waals surface area contributed by atoms with Gasteiger partial charge in [-0.3, -0.25) is 15.0 Å². The monoisotopic (exact) mass is 240 g/mol. The first-order valence-corrected chi connectivity index (χ1v) is 5.40. The maximum Gasteiger partial charge on any atom is 0.305 e. The summed E-state index contributed by atoms with van der Waals surface area (Å²) >= 11 is 0. The molecule has 0 aliphatic carbocycles. The molecule has 0 bridgehead atoms. The molecular weight excluding hydrogens is 227 g/mol. The normalized spacial score (nSPS) is 20.7. The summed E-state index contributed by atoms with van der Waals surface area (Å²) in [5.74, 6) is -0.779. The number of rotatable bonds is 3. The lowest BCUT2D eigenvalue weighted by atomic mass is 10.1. The molecule has 0 saturated carbocycles. The molecular formula is C11H13FN2O3. The molecule has 0 unspecified atom stereocenters. The average Bonchev–Trinajstić information content (AvgIpc) is 2.67. The molecule has 17 heavy (non-hydrogen) atoms. The van der Waals surface area contributed by atoms with Crippen LogP contribution in [-0.2, 0) is 6.54 Å². The van der Waals surface area contributed by atoms with Crippen LogP contribution in [0.3, 0.4) is 0 Å². The minimum Gasteiger partial charge on any atom is -0.392 e. The lowest BCUT2D eigenvalue weighted by Crippen LogP contribution is -2.22. The minimum atomic E-state index is -0.779. The molecule has 5 nitrogen and oxygen atoms in total. The van der Waals surface area contributed by atoms with E-state index in [1.54, 1.807) is 0 Å². The van der Waals surface area contributed by atoms with Crippen molar-refractivity contribution >= 4 is 5.69 Å². The van der Waals surface area contributed by atoms with Crippen LogP contribution in [0.15, 0.2) is 18.2 Å². The van der Waals surface area contributed by atoms with Gasteiger partial charge in [0, 0.05) is 31.3 Å². The second-order valence-corrected chi connectivity index (χ2v) is 4.18. The summed E-state index contributed by atoms with van der Waals surface area (Å²) in [6.07, 6.45) is 0.285. The van der Waals surface area contributed by atoms with E-state index in [1.165, 1.54) is 12.1 Å². The summed E-state index contributed by atoms with van der Waals surface area (Å²) < 4.78 is 13.7. The van der Waals surface area contributed by atoms with Crippen molar-refractivity contribution in [2.75, 3.05) is 13.1 Å². The van der Waals surface area contributed by atoms with E-state index in [2.05, 4.69) is 0 Å². The van der Waals surface area contributed by atoms with E-state index in [9.17, 15) is 19.6 Å². The Hall–Kier alpha value is -1.53. The van der Waals surface area contributed by atoms with Crippen molar-refractivity contribution in [2.24, 2.45) is 0 Å². The van der Waals surface area contributed by atoms with E-state index < -0.39 is 16.4 Å². The molecule has 1 aliphatic heterocycles. The second-order valence-electron chi connectivity index (χ2n) is 4.18. The third-order valence-electron chi connectivity index (χ3n) is 2.90. The molecule has 1 atom stereocenters. The summed E-state index contributed by atoms with van der Waals surface area (Å²) in [5, 5.41) is 19.9. The van der Waals surface area contributed by atoms with Crippen LogP contribution in [0, 0.1) is 15.9 Å². The standard InChI is InChI=1S/C11H13FN2O3/c12-11-8(2-1-3-10(11)14(16)17)6-13-5-4-9(15)7-13/h1-3,9,15H,4-7H2/t9-/m0/s1. The summed E-state index contributed by atoms with van der Waals surface area (Å²) in [6, 6.07) is 4.16. The van der Waals surface area contributed by atoms with Gasteiger partial charge in [0.15, 0.2) is 0 Å². The van der Waals surface area contributed by atoms with Gasteiger partial charge in [0.25, 0.3) is 0 Å². The fraction of sp³-hybridized carbons (Fsp3) is 0.455. The van der Waals surface area contributed by atoms with Gasteiger partial charge in [-0.15, -0.1) is 0 Å². The Kier molecular flexibility index (Phi) is 3.35. The highest BCUT2D eigenvalue weighted by Crippen LogP contribution is 2.22. The number of hydrogen-bond donors (Lipinski definition) is 1. The zero-order chi connectivity index (χ0) is 12.4. The lowest BCUT2D eigenvalue weighted by molar-refractivity contribution is -0.387. The Balaban J connectivity index is 2.16. The fourth-order valence-electron chi connectivity index (χ4n) is 2.03. The Morgan fingerprint density at radius 3 is 2.94 bits per heavy atom. The Bertz CT molecular complexity index is 439. The molecule has 0 aromatic heterocycles. The number of aliphatic hydroxyl groups excluding tert-OH is 1. The highest BCUT2D eigenvalue weighted by Gasteiger charge is 2.23. The van der Waals surface area contributed by atoms with Crippen LogP contribution in [-0.4, -0.2) is 34.1 Å². The van der Waals surface area contributed by atoms with Crippen LogP contribution in [0.4, 0.5) is 10.1 Å². The van der Waals surface area contributed by atoms with Crippen LogP contribution in [0.1, 0.15) is 12.0 Å². The van der Waals surface area contributed by atoms with Crippen molar-refractivity contribution in [3.05, 3.63) is 39.7 Å². The molecule has 2 rings (SSSR count). The van der Waals surface area contributed by atoms with Gasteiger partial charge in [0.2, 0.25) is 5.82 Å². The van der Waals surface area contributed by atoms with Crippen LogP contribution in [0.25, 0.3) is 0 Å². The average molecular weight is 240 g/mol. The van der Waals surface area contributed by atoms with Crippen molar-refractivity contribution in [3.8, 4) is 0 Å². The Labute approximate surface area is 97.6 Å². The molecule has 1 N–H and O–H groups in total. The SMILES string of the molecule is O=[N+]([O-])c1cccc(CN2CC[C@H](O)C2)c1F. The van der Waals surface area contributed by atoms with E-state index >= 15 is 0 Å². The first-order chi connectivity index (χ1) is 8.08. The zero-order valence-electron chi connectivity index (χ0n) is 9.17. The number of halogens is 1. The number of aliphatic hydroxyl groups is 1. The van der Waals surface area contributed by atoms with Crippen LogP contribution in [0.2, 0.25) is 0 Å². The van der Waals surface area contributed by atoms with Gasteiger partial charge in [-0.1, -0.05) is 12.1 Å². The Morgan fingerprint density at radius 1 is 1.59 bits per heavy atom. The molecule has 1 aliphatic rings. The van der Waals surface area contributed by atoms with E-state index in [4.69, 9.17) is 0 Å². The number of β-amino-alcohol motifs (C(OH)–C–C–N with tert-alkyl or cyclic N) is 1. The Morgan fingerprint density at radius 2 is 2.35 bits per heavy atom.